The Kier molecular flexibility index (Phi) is 1.63. The number of aromatic amines is 1. The lowest BCUT2D eigenvalue weighted by Crippen LogP contribution is -1.88. The molecule has 0 radical (unpaired) electrons. The highest BCUT2D eigenvalue weighted by molar-refractivity contribution is 5.97. The second kappa shape index (κ2) is 2.79. The summed E-state index contributed by atoms with van der Waals surface area (Å²) in [6.45, 7) is 0. The molecule has 0 aliphatic carbocycles. The smallest absolute Gasteiger partial charge is 0.101 e. The molecule has 4 heteroatoms. The van der Waals surface area contributed by atoms with Gasteiger partial charge in [-0.1, -0.05) is 0 Å². The Labute approximate surface area is 80.2 Å². The van der Waals surface area contributed by atoms with E-state index in [0.717, 1.165) is 0 Å². The van der Waals surface area contributed by atoms with Gasteiger partial charge >= 0.3 is 0 Å². The molecule has 0 atom stereocenters. The van der Waals surface area contributed by atoms with Crippen molar-refractivity contribution in [3.05, 3.63) is 29.5 Å². The summed E-state index contributed by atoms with van der Waals surface area (Å²) in [4.78, 5) is 2.88. The molecule has 66 valence electrons. The zero-order valence-corrected chi connectivity index (χ0v) is 7.20. The highest BCUT2D eigenvalue weighted by Crippen LogP contribution is 2.26. The fraction of sp³-hybridized carbons (Fsp3) is 0. The molecule has 3 N–H and O–H groups in total. The number of nitrogens with zero attached hydrogens (tertiary/aromatic N) is 2. The van der Waals surface area contributed by atoms with Crippen molar-refractivity contribution in [1.82, 2.24) is 4.98 Å². The molecule has 1 aromatic carbocycles. The zero-order valence-electron chi connectivity index (χ0n) is 7.20. The van der Waals surface area contributed by atoms with Crippen LogP contribution in [-0.4, -0.2) is 4.98 Å². The van der Waals surface area contributed by atoms with Crippen LogP contribution in [0.4, 0.5) is 5.69 Å². The lowest BCUT2D eigenvalue weighted by atomic mass is 10.1. The highest BCUT2D eigenvalue weighted by Gasteiger charge is 2.09. The SMILES string of the molecule is N#Cc1ccc(N)c2[nH]cc(C#N)c12. The quantitative estimate of drug-likeness (QED) is 0.605. The predicted molar refractivity (Wildman–Crippen MR) is 52.1 cm³/mol. The number of hydrogen-bond acceptors (Lipinski definition) is 3. The summed E-state index contributed by atoms with van der Waals surface area (Å²) in [6, 6.07) is 7.31. The molecule has 0 fully saturated rings. The third-order valence-electron chi connectivity index (χ3n) is 2.11. The van der Waals surface area contributed by atoms with Crippen LogP contribution in [0.3, 0.4) is 0 Å². The maximum absolute atomic E-state index is 8.85. The van der Waals surface area contributed by atoms with Gasteiger partial charge in [-0.3, -0.25) is 0 Å². The number of benzene rings is 1. The molecule has 2 rings (SSSR count). The topological polar surface area (TPSA) is 89.4 Å². The lowest BCUT2D eigenvalue weighted by Gasteiger charge is -1.97. The van der Waals surface area contributed by atoms with Crippen LogP contribution in [0.1, 0.15) is 11.1 Å². The Morgan fingerprint density at radius 2 is 1.86 bits per heavy atom. The van der Waals surface area contributed by atoms with Gasteiger partial charge in [-0.2, -0.15) is 10.5 Å². The fourth-order valence-electron chi connectivity index (χ4n) is 1.45. The van der Waals surface area contributed by atoms with E-state index in [-0.39, 0.29) is 0 Å². The van der Waals surface area contributed by atoms with Crippen LogP contribution >= 0.6 is 0 Å². The van der Waals surface area contributed by atoms with Gasteiger partial charge in [0.2, 0.25) is 0 Å². The van der Waals surface area contributed by atoms with Crippen molar-refractivity contribution in [3.8, 4) is 12.1 Å². The van der Waals surface area contributed by atoms with Gasteiger partial charge in [-0.15, -0.1) is 0 Å². The molecule has 0 unspecified atom stereocenters. The number of hydrogen-bond donors (Lipinski definition) is 2. The number of nitriles is 2. The molecule has 4 nitrogen and oxygen atoms in total. The van der Waals surface area contributed by atoms with Crippen LogP contribution in [0.5, 0.6) is 0 Å². The summed E-state index contributed by atoms with van der Waals surface area (Å²) in [5.74, 6) is 0. The first-order valence-electron chi connectivity index (χ1n) is 3.97. The molecule has 0 aliphatic heterocycles. The maximum Gasteiger partial charge on any atom is 0.101 e. The number of fused-ring (bicyclic) bond motifs is 1. The van der Waals surface area contributed by atoms with Crippen molar-refractivity contribution >= 4 is 16.6 Å². The van der Waals surface area contributed by atoms with E-state index in [1.54, 1.807) is 18.3 Å². The molecule has 2 aromatic rings. The Bertz CT molecular complexity index is 580. The zero-order chi connectivity index (χ0) is 10.1. The average Bonchev–Trinajstić information content (AvgIpc) is 2.63. The molecule has 0 saturated heterocycles. The molecule has 1 heterocycles. The summed E-state index contributed by atoms with van der Waals surface area (Å²) in [5.41, 5.74) is 7.81. The van der Waals surface area contributed by atoms with E-state index in [0.29, 0.717) is 27.7 Å². The summed E-state index contributed by atoms with van der Waals surface area (Å²) >= 11 is 0. The second-order valence-electron chi connectivity index (χ2n) is 2.88. The van der Waals surface area contributed by atoms with Crippen molar-refractivity contribution in [1.29, 1.82) is 10.5 Å². The first-order chi connectivity index (χ1) is 6.77. The number of aromatic nitrogens is 1. The molecular weight excluding hydrogens is 176 g/mol. The number of H-pyrrole nitrogens is 1. The number of rotatable bonds is 0. The number of anilines is 1. The van der Waals surface area contributed by atoms with Gasteiger partial charge < -0.3 is 10.7 Å². The monoisotopic (exact) mass is 182 g/mol. The van der Waals surface area contributed by atoms with Gasteiger partial charge in [0.05, 0.1) is 28.4 Å². The fourth-order valence-corrected chi connectivity index (χ4v) is 1.45. The van der Waals surface area contributed by atoms with Crippen molar-refractivity contribution in [2.45, 2.75) is 0 Å². The van der Waals surface area contributed by atoms with Crippen LogP contribution in [0.15, 0.2) is 18.3 Å². The highest BCUT2D eigenvalue weighted by atomic mass is 14.7. The molecule has 1 aromatic heterocycles. The van der Waals surface area contributed by atoms with E-state index in [1.807, 2.05) is 12.1 Å². The molecule has 0 aliphatic rings. The number of nitrogens with two attached hydrogens (primary N) is 1. The Balaban J connectivity index is 3.00. The van der Waals surface area contributed by atoms with E-state index >= 15 is 0 Å². The Morgan fingerprint density at radius 1 is 1.14 bits per heavy atom. The molecule has 0 amide bonds. The first kappa shape index (κ1) is 8.15. The van der Waals surface area contributed by atoms with E-state index in [4.69, 9.17) is 16.3 Å². The Morgan fingerprint density at radius 3 is 2.50 bits per heavy atom. The molecule has 14 heavy (non-hydrogen) atoms. The van der Waals surface area contributed by atoms with Gasteiger partial charge in [0.25, 0.3) is 0 Å². The van der Waals surface area contributed by atoms with E-state index in [2.05, 4.69) is 4.98 Å². The molecule has 0 saturated carbocycles. The standard InChI is InChI=1S/C10H6N4/c11-3-6-1-2-8(13)10-9(6)7(4-12)5-14-10/h1-2,5,14H,13H2. The van der Waals surface area contributed by atoms with Crippen molar-refractivity contribution in [2.75, 3.05) is 5.73 Å². The summed E-state index contributed by atoms with van der Waals surface area (Å²) in [6.07, 6.45) is 1.56. The van der Waals surface area contributed by atoms with Gasteiger partial charge in [0, 0.05) is 11.6 Å². The van der Waals surface area contributed by atoms with E-state index < -0.39 is 0 Å². The molecular formula is C10H6N4. The van der Waals surface area contributed by atoms with E-state index in [1.165, 1.54) is 0 Å². The van der Waals surface area contributed by atoms with Gasteiger partial charge in [-0.25, -0.2) is 0 Å². The third kappa shape index (κ3) is 0.917. The Hall–Kier alpha value is -2.46. The molecule has 0 spiro atoms. The number of nitrogens with one attached hydrogen (secondary N) is 1. The van der Waals surface area contributed by atoms with E-state index in [9.17, 15) is 0 Å². The largest absolute Gasteiger partial charge is 0.397 e. The van der Waals surface area contributed by atoms with Crippen LogP contribution in [-0.2, 0) is 0 Å². The van der Waals surface area contributed by atoms with Crippen LogP contribution in [0.25, 0.3) is 10.9 Å². The van der Waals surface area contributed by atoms with Gasteiger partial charge in [0.15, 0.2) is 0 Å². The number of nitrogen functional groups attached to an aromatic ring is 1. The normalized spacial score (nSPS) is 9.57. The second-order valence-corrected chi connectivity index (χ2v) is 2.88. The van der Waals surface area contributed by atoms with Crippen LogP contribution in [0, 0.1) is 22.7 Å². The maximum atomic E-state index is 8.85. The summed E-state index contributed by atoms with van der Waals surface area (Å²) in [7, 11) is 0. The minimum absolute atomic E-state index is 0.448. The lowest BCUT2D eigenvalue weighted by molar-refractivity contribution is 1.45. The third-order valence-corrected chi connectivity index (χ3v) is 2.11. The average molecular weight is 182 g/mol. The van der Waals surface area contributed by atoms with Gasteiger partial charge in [0.1, 0.15) is 6.07 Å². The summed E-state index contributed by atoms with van der Waals surface area (Å²) in [5, 5.41) is 18.3. The summed E-state index contributed by atoms with van der Waals surface area (Å²) < 4.78 is 0. The predicted octanol–water partition coefficient (Wildman–Crippen LogP) is 1.49. The minimum atomic E-state index is 0.448. The van der Waals surface area contributed by atoms with Crippen molar-refractivity contribution < 1.29 is 0 Å². The van der Waals surface area contributed by atoms with Crippen LogP contribution < -0.4 is 5.73 Å². The minimum Gasteiger partial charge on any atom is -0.397 e. The van der Waals surface area contributed by atoms with Gasteiger partial charge in [-0.05, 0) is 12.1 Å². The van der Waals surface area contributed by atoms with Crippen LogP contribution in [0.2, 0.25) is 0 Å². The first-order valence-corrected chi connectivity index (χ1v) is 3.97. The van der Waals surface area contributed by atoms with Crippen molar-refractivity contribution in [2.24, 2.45) is 0 Å². The molecule has 0 bridgehead atoms. The van der Waals surface area contributed by atoms with Crippen molar-refractivity contribution in [3.63, 3.8) is 0 Å².